The molecule has 104 valence electrons. The molecule has 0 aliphatic carbocycles. The maximum Gasteiger partial charge on any atom is 0.254 e. The SMILES string of the molecule is Cc1ccc(C(C)N(C)S(=O)(=O)c2cnc(Cl)s2)s1. The fourth-order valence-electron chi connectivity index (χ4n) is 1.57. The molecule has 0 aliphatic heterocycles. The molecule has 0 bridgehead atoms. The molecule has 0 fully saturated rings. The van der Waals surface area contributed by atoms with E-state index in [1.165, 1.54) is 10.5 Å². The van der Waals surface area contributed by atoms with E-state index in [-0.39, 0.29) is 14.7 Å². The van der Waals surface area contributed by atoms with Crippen LogP contribution in [0.5, 0.6) is 0 Å². The second kappa shape index (κ2) is 5.49. The molecule has 0 saturated carbocycles. The van der Waals surface area contributed by atoms with Crippen LogP contribution in [0.15, 0.2) is 22.5 Å². The molecule has 0 amide bonds. The molecule has 1 unspecified atom stereocenters. The monoisotopic (exact) mass is 336 g/mol. The van der Waals surface area contributed by atoms with Crippen LogP contribution in [0.25, 0.3) is 0 Å². The Morgan fingerprint density at radius 1 is 1.37 bits per heavy atom. The highest BCUT2D eigenvalue weighted by Gasteiger charge is 2.28. The van der Waals surface area contributed by atoms with Gasteiger partial charge in [0.2, 0.25) is 0 Å². The standard InChI is InChI=1S/C11H13ClN2O2S3/c1-7-4-5-9(17-7)8(2)14(3)19(15,16)10-6-13-11(12)18-10/h4-6,8H,1-3H3. The fraction of sp³-hybridized carbons (Fsp3) is 0.364. The van der Waals surface area contributed by atoms with Gasteiger partial charge in [0.1, 0.15) is 0 Å². The maximum absolute atomic E-state index is 12.4. The summed E-state index contributed by atoms with van der Waals surface area (Å²) in [6, 6.07) is 3.72. The first-order valence-corrected chi connectivity index (χ1v) is 8.93. The summed E-state index contributed by atoms with van der Waals surface area (Å²) in [6.45, 7) is 3.86. The number of nitrogens with zero attached hydrogens (tertiary/aromatic N) is 2. The second-order valence-electron chi connectivity index (χ2n) is 4.08. The summed E-state index contributed by atoms with van der Waals surface area (Å²) in [5, 5.41) is 0. The summed E-state index contributed by atoms with van der Waals surface area (Å²) in [6.07, 6.45) is 1.30. The quantitative estimate of drug-likeness (QED) is 0.858. The number of aromatic nitrogens is 1. The number of thiazole rings is 1. The molecule has 19 heavy (non-hydrogen) atoms. The Bertz CT molecular complexity index is 678. The van der Waals surface area contributed by atoms with E-state index in [0.29, 0.717) is 0 Å². The molecule has 2 heterocycles. The summed E-state index contributed by atoms with van der Waals surface area (Å²) in [7, 11) is -1.97. The van der Waals surface area contributed by atoms with Crippen LogP contribution in [-0.2, 0) is 10.0 Å². The molecule has 8 heteroatoms. The first-order chi connectivity index (χ1) is 8.82. The number of sulfonamides is 1. The molecule has 2 rings (SSSR count). The Morgan fingerprint density at radius 3 is 2.53 bits per heavy atom. The third kappa shape index (κ3) is 3.00. The zero-order valence-electron chi connectivity index (χ0n) is 10.6. The van der Waals surface area contributed by atoms with E-state index >= 15 is 0 Å². The molecule has 2 aromatic rings. The molecular formula is C11H13ClN2O2S3. The first-order valence-electron chi connectivity index (χ1n) is 5.48. The van der Waals surface area contributed by atoms with Crippen molar-refractivity contribution < 1.29 is 8.42 Å². The summed E-state index contributed by atoms with van der Waals surface area (Å²) >= 11 is 8.26. The Kier molecular flexibility index (Phi) is 4.32. The van der Waals surface area contributed by atoms with Crippen molar-refractivity contribution >= 4 is 44.3 Å². The first kappa shape index (κ1) is 14.9. The van der Waals surface area contributed by atoms with Gasteiger partial charge in [-0.05, 0) is 26.0 Å². The molecular weight excluding hydrogens is 324 g/mol. The summed E-state index contributed by atoms with van der Waals surface area (Å²) < 4.78 is 26.6. The molecule has 4 nitrogen and oxygen atoms in total. The van der Waals surface area contributed by atoms with Gasteiger partial charge in [-0.3, -0.25) is 0 Å². The van der Waals surface area contributed by atoms with Crippen molar-refractivity contribution in [2.45, 2.75) is 24.1 Å². The number of halogens is 1. The average molecular weight is 337 g/mol. The number of aryl methyl sites for hydroxylation is 1. The predicted octanol–water partition coefficient (Wildman–Crippen LogP) is 3.55. The van der Waals surface area contributed by atoms with Gasteiger partial charge in [-0.15, -0.1) is 11.3 Å². The van der Waals surface area contributed by atoms with Gasteiger partial charge in [0.15, 0.2) is 8.68 Å². The van der Waals surface area contributed by atoms with Crippen LogP contribution < -0.4 is 0 Å². The number of rotatable bonds is 4. The maximum atomic E-state index is 12.4. The van der Waals surface area contributed by atoms with Crippen molar-refractivity contribution in [2.75, 3.05) is 7.05 Å². The molecule has 1 atom stereocenters. The van der Waals surface area contributed by atoms with Crippen LogP contribution in [0.3, 0.4) is 0 Å². The van der Waals surface area contributed by atoms with Crippen LogP contribution >= 0.6 is 34.3 Å². The van der Waals surface area contributed by atoms with E-state index in [4.69, 9.17) is 11.6 Å². The van der Waals surface area contributed by atoms with E-state index in [9.17, 15) is 8.42 Å². The van der Waals surface area contributed by atoms with Gasteiger partial charge < -0.3 is 0 Å². The van der Waals surface area contributed by atoms with Crippen molar-refractivity contribution in [1.82, 2.24) is 9.29 Å². The number of hydrogen-bond acceptors (Lipinski definition) is 5. The Morgan fingerprint density at radius 2 is 2.05 bits per heavy atom. The minimum atomic E-state index is -3.54. The smallest absolute Gasteiger partial charge is 0.232 e. The van der Waals surface area contributed by atoms with Gasteiger partial charge in [-0.2, -0.15) is 4.31 Å². The lowest BCUT2D eigenvalue weighted by atomic mass is 10.3. The van der Waals surface area contributed by atoms with Gasteiger partial charge in [-0.25, -0.2) is 13.4 Å². The molecule has 0 aromatic carbocycles. The lowest BCUT2D eigenvalue weighted by Crippen LogP contribution is -2.28. The molecule has 0 aliphatic rings. The topological polar surface area (TPSA) is 50.3 Å². The van der Waals surface area contributed by atoms with Gasteiger partial charge in [0, 0.05) is 16.8 Å². The molecule has 0 saturated heterocycles. The summed E-state index contributed by atoms with van der Waals surface area (Å²) in [5.41, 5.74) is 0. The van der Waals surface area contributed by atoms with Crippen molar-refractivity contribution in [3.05, 3.63) is 32.6 Å². The van der Waals surface area contributed by atoms with Crippen LogP contribution in [0.1, 0.15) is 22.7 Å². The number of hydrogen-bond donors (Lipinski definition) is 0. The summed E-state index contributed by atoms with van der Waals surface area (Å²) in [5.74, 6) is 0. The fourth-order valence-corrected chi connectivity index (χ4v) is 5.43. The minimum absolute atomic E-state index is 0.167. The van der Waals surface area contributed by atoms with Gasteiger partial charge in [0.25, 0.3) is 10.0 Å². The largest absolute Gasteiger partial charge is 0.254 e. The second-order valence-corrected chi connectivity index (χ2v) is 9.23. The van der Waals surface area contributed by atoms with Crippen LogP contribution in [0.2, 0.25) is 4.47 Å². The van der Waals surface area contributed by atoms with Crippen molar-refractivity contribution in [3.8, 4) is 0 Å². The van der Waals surface area contributed by atoms with E-state index < -0.39 is 10.0 Å². The lowest BCUT2D eigenvalue weighted by Gasteiger charge is -2.22. The Labute approximate surface area is 125 Å². The van der Waals surface area contributed by atoms with Gasteiger partial charge in [0.05, 0.1) is 12.2 Å². The van der Waals surface area contributed by atoms with E-state index in [2.05, 4.69) is 4.98 Å². The lowest BCUT2D eigenvalue weighted by molar-refractivity contribution is 0.404. The normalized spacial score (nSPS) is 13.9. The van der Waals surface area contributed by atoms with Crippen molar-refractivity contribution in [1.29, 1.82) is 0 Å². The van der Waals surface area contributed by atoms with E-state index in [1.54, 1.807) is 18.4 Å². The van der Waals surface area contributed by atoms with Crippen molar-refractivity contribution in [2.24, 2.45) is 0 Å². The van der Waals surface area contributed by atoms with Crippen LogP contribution in [0, 0.1) is 6.92 Å². The van der Waals surface area contributed by atoms with E-state index in [1.807, 2.05) is 26.0 Å². The Hall–Kier alpha value is -0.470. The van der Waals surface area contributed by atoms with Gasteiger partial charge >= 0.3 is 0 Å². The van der Waals surface area contributed by atoms with E-state index in [0.717, 1.165) is 21.1 Å². The average Bonchev–Trinajstić information content (AvgIpc) is 2.96. The van der Waals surface area contributed by atoms with Crippen LogP contribution in [0.4, 0.5) is 0 Å². The third-order valence-electron chi connectivity index (χ3n) is 2.81. The zero-order chi connectivity index (χ0) is 14.2. The third-order valence-corrected chi connectivity index (χ3v) is 7.46. The molecule has 2 aromatic heterocycles. The molecule has 0 N–H and O–H groups in total. The zero-order valence-corrected chi connectivity index (χ0v) is 13.8. The molecule has 0 radical (unpaired) electrons. The number of thiophene rings is 1. The molecule has 0 spiro atoms. The minimum Gasteiger partial charge on any atom is -0.232 e. The van der Waals surface area contributed by atoms with Crippen molar-refractivity contribution in [3.63, 3.8) is 0 Å². The Balaban J connectivity index is 2.30. The highest BCUT2D eigenvalue weighted by Crippen LogP contribution is 2.32. The van der Waals surface area contributed by atoms with Crippen LogP contribution in [-0.4, -0.2) is 24.8 Å². The summed E-state index contributed by atoms with van der Waals surface area (Å²) in [4.78, 5) is 5.96. The predicted molar refractivity (Wildman–Crippen MR) is 79.5 cm³/mol. The van der Waals surface area contributed by atoms with Gasteiger partial charge in [-0.1, -0.05) is 22.9 Å². The highest BCUT2D eigenvalue weighted by molar-refractivity contribution is 7.91. The highest BCUT2D eigenvalue weighted by atomic mass is 35.5.